The quantitative estimate of drug-likeness (QED) is 0.806. The molecule has 1 aliphatic rings. The van der Waals surface area contributed by atoms with Crippen LogP contribution in [-0.4, -0.2) is 5.11 Å². The van der Waals surface area contributed by atoms with E-state index in [0.717, 1.165) is 36.0 Å². The molecule has 1 nitrogen and oxygen atoms in total. The number of rotatable bonds is 3. The minimum Gasteiger partial charge on any atom is -0.507 e. The van der Waals surface area contributed by atoms with Crippen LogP contribution >= 0.6 is 0 Å². The molecule has 1 aliphatic carbocycles. The van der Waals surface area contributed by atoms with Crippen molar-refractivity contribution in [1.82, 2.24) is 0 Å². The molecule has 0 spiro atoms. The minimum atomic E-state index is 0.0129. The molecule has 0 heterocycles. The van der Waals surface area contributed by atoms with Gasteiger partial charge in [-0.05, 0) is 30.3 Å². The number of para-hydroxylation sites is 1. The summed E-state index contributed by atoms with van der Waals surface area (Å²) in [6, 6.07) is 6.09. The Morgan fingerprint density at radius 2 is 2.00 bits per heavy atom. The molecule has 0 bridgehead atoms. The van der Waals surface area contributed by atoms with Crippen molar-refractivity contribution in [3.63, 3.8) is 0 Å². The predicted molar refractivity (Wildman–Crippen MR) is 77.8 cm³/mol. The molecule has 0 saturated heterocycles. The molecule has 0 radical (unpaired) electrons. The number of phenols is 1. The Hall–Kier alpha value is -1.50. The predicted octanol–water partition coefficient (Wildman–Crippen LogP) is 4.81. The van der Waals surface area contributed by atoms with Crippen LogP contribution in [0.3, 0.4) is 0 Å². The number of benzene rings is 1. The first-order valence-corrected chi connectivity index (χ1v) is 6.76. The lowest BCUT2D eigenvalue weighted by Crippen LogP contribution is -2.16. The van der Waals surface area contributed by atoms with Crippen LogP contribution in [0.2, 0.25) is 0 Å². The third kappa shape index (κ3) is 2.35. The summed E-state index contributed by atoms with van der Waals surface area (Å²) >= 11 is 0. The highest BCUT2D eigenvalue weighted by Crippen LogP contribution is 2.38. The van der Waals surface area contributed by atoms with Gasteiger partial charge in [-0.3, -0.25) is 0 Å². The van der Waals surface area contributed by atoms with Crippen LogP contribution in [-0.2, 0) is 5.41 Å². The molecule has 1 heteroatoms. The van der Waals surface area contributed by atoms with Gasteiger partial charge in [0.1, 0.15) is 5.75 Å². The van der Waals surface area contributed by atoms with Crippen molar-refractivity contribution in [2.75, 3.05) is 0 Å². The molecule has 0 amide bonds. The fraction of sp³-hybridized carbons (Fsp3) is 0.412. The minimum absolute atomic E-state index is 0.0129. The van der Waals surface area contributed by atoms with E-state index in [0.29, 0.717) is 5.75 Å². The Bertz CT molecular complexity index is 492. The summed E-state index contributed by atoms with van der Waals surface area (Å²) in [6.07, 6.45) is 9.67. The van der Waals surface area contributed by atoms with Crippen LogP contribution in [0.1, 0.15) is 51.2 Å². The zero-order valence-electron chi connectivity index (χ0n) is 11.5. The second kappa shape index (κ2) is 5.01. The molecule has 0 aliphatic heterocycles. The zero-order chi connectivity index (χ0) is 13.2. The van der Waals surface area contributed by atoms with Gasteiger partial charge in [-0.15, -0.1) is 0 Å². The first-order chi connectivity index (χ1) is 8.56. The van der Waals surface area contributed by atoms with Crippen molar-refractivity contribution in [2.24, 2.45) is 0 Å². The molecule has 1 N–H and O–H groups in total. The van der Waals surface area contributed by atoms with Gasteiger partial charge in [0, 0.05) is 11.1 Å². The topological polar surface area (TPSA) is 20.2 Å². The van der Waals surface area contributed by atoms with E-state index in [9.17, 15) is 5.11 Å². The van der Waals surface area contributed by atoms with E-state index in [2.05, 4.69) is 39.0 Å². The van der Waals surface area contributed by atoms with Gasteiger partial charge in [0.15, 0.2) is 0 Å². The maximum Gasteiger partial charge on any atom is 0.127 e. The average molecular weight is 242 g/mol. The van der Waals surface area contributed by atoms with Gasteiger partial charge in [-0.25, -0.2) is 0 Å². The normalized spacial score (nSPS) is 15.6. The monoisotopic (exact) mass is 242 g/mol. The number of hydrogen-bond donors (Lipinski definition) is 1. The summed E-state index contributed by atoms with van der Waals surface area (Å²) in [5.74, 6) is 0.446. The van der Waals surface area contributed by atoms with Gasteiger partial charge in [-0.2, -0.15) is 0 Å². The fourth-order valence-electron chi connectivity index (χ4n) is 2.33. The van der Waals surface area contributed by atoms with Gasteiger partial charge in [0.05, 0.1) is 0 Å². The summed E-state index contributed by atoms with van der Waals surface area (Å²) in [4.78, 5) is 0. The van der Waals surface area contributed by atoms with Crippen molar-refractivity contribution in [3.8, 4) is 5.75 Å². The lowest BCUT2D eigenvalue weighted by atomic mass is 9.80. The second-order valence-electron chi connectivity index (χ2n) is 5.58. The van der Waals surface area contributed by atoms with E-state index in [4.69, 9.17) is 0 Å². The van der Waals surface area contributed by atoms with E-state index in [-0.39, 0.29) is 5.41 Å². The lowest BCUT2D eigenvalue weighted by molar-refractivity contribution is 0.427. The van der Waals surface area contributed by atoms with Crippen LogP contribution < -0.4 is 0 Å². The number of hydrogen-bond acceptors (Lipinski definition) is 1. The largest absolute Gasteiger partial charge is 0.507 e. The second-order valence-corrected chi connectivity index (χ2v) is 5.58. The Balaban J connectivity index is 2.48. The van der Waals surface area contributed by atoms with Gasteiger partial charge < -0.3 is 5.11 Å². The summed E-state index contributed by atoms with van der Waals surface area (Å²) in [6.45, 7) is 6.51. The molecule has 2 rings (SSSR count). The van der Waals surface area contributed by atoms with Gasteiger partial charge in [0.2, 0.25) is 0 Å². The first-order valence-electron chi connectivity index (χ1n) is 6.76. The molecule has 0 saturated carbocycles. The standard InChI is InChI=1S/C17H22O/c1-4-17(2,3)15-12-8-11-14(16(15)18)13-9-6-5-7-10-13/h6,8-12,18H,4-5,7H2,1-3H3. The van der Waals surface area contributed by atoms with Crippen LogP contribution in [0.5, 0.6) is 5.75 Å². The lowest BCUT2D eigenvalue weighted by Gasteiger charge is -2.25. The van der Waals surface area contributed by atoms with Crippen LogP contribution in [0, 0.1) is 0 Å². The summed E-state index contributed by atoms with van der Waals surface area (Å²) in [7, 11) is 0. The maximum absolute atomic E-state index is 10.5. The Morgan fingerprint density at radius 1 is 1.22 bits per heavy atom. The molecule has 96 valence electrons. The van der Waals surface area contributed by atoms with Crippen LogP contribution in [0.25, 0.3) is 5.57 Å². The first kappa shape index (κ1) is 12.9. The van der Waals surface area contributed by atoms with E-state index in [1.54, 1.807) is 0 Å². The van der Waals surface area contributed by atoms with Gasteiger partial charge in [-0.1, -0.05) is 57.2 Å². The molecule has 0 fully saturated rings. The Morgan fingerprint density at radius 3 is 2.61 bits per heavy atom. The third-order valence-electron chi connectivity index (χ3n) is 3.96. The van der Waals surface area contributed by atoms with E-state index in [1.165, 1.54) is 0 Å². The highest BCUT2D eigenvalue weighted by molar-refractivity contribution is 5.79. The van der Waals surface area contributed by atoms with Crippen molar-refractivity contribution < 1.29 is 5.11 Å². The number of phenolic OH excluding ortho intramolecular Hbond substituents is 1. The maximum atomic E-state index is 10.5. The van der Waals surface area contributed by atoms with Gasteiger partial charge in [0.25, 0.3) is 0 Å². The van der Waals surface area contributed by atoms with E-state index < -0.39 is 0 Å². The smallest absolute Gasteiger partial charge is 0.127 e. The SMILES string of the molecule is CCC(C)(C)c1cccc(C2=CCCC=C2)c1O. The molecule has 18 heavy (non-hydrogen) atoms. The highest BCUT2D eigenvalue weighted by atomic mass is 16.3. The third-order valence-corrected chi connectivity index (χ3v) is 3.96. The molecule has 1 aromatic rings. The van der Waals surface area contributed by atoms with E-state index >= 15 is 0 Å². The molecular formula is C17H22O. The molecule has 0 aromatic heterocycles. The molecule has 0 atom stereocenters. The highest BCUT2D eigenvalue weighted by Gasteiger charge is 2.23. The zero-order valence-corrected chi connectivity index (χ0v) is 11.5. The van der Waals surface area contributed by atoms with Crippen molar-refractivity contribution in [1.29, 1.82) is 0 Å². The van der Waals surface area contributed by atoms with E-state index in [1.807, 2.05) is 18.2 Å². The molecule has 0 unspecified atom stereocenters. The van der Waals surface area contributed by atoms with Crippen molar-refractivity contribution in [2.45, 2.75) is 45.4 Å². The summed E-state index contributed by atoms with van der Waals surface area (Å²) < 4.78 is 0. The van der Waals surface area contributed by atoms with Crippen molar-refractivity contribution >= 4 is 5.57 Å². The van der Waals surface area contributed by atoms with Gasteiger partial charge >= 0.3 is 0 Å². The molecular weight excluding hydrogens is 220 g/mol. The number of allylic oxidation sites excluding steroid dienone is 4. The Kier molecular flexibility index (Phi) is 3.60. The molecule has 1 aromatic carbocycles. The van der Waals surface area contributed by atoms with Crippen LogP contribution in [0.15, 0.2) is 36.4 Å². The Labute approximate surface area is 110 Å². The average Bonchev–Trinajstić information content (AvgIpc) is 2.40. The fourth-order valence-corrected chi connectivity index (χ4v) is 2.33. The summed E-state index contributed by atoms with van der Waals surface area (Å²) in [5.41, 5.74) is 3.17. The number of aromatic hydroxyl groups is 1. The van der Waals surface area contributed by atoms with Crippen molar-refractivity contribution in [3.05, 3.63) is 47.6 Å². The van der Waals surface area contributed by atoms with Crippen LogP contribution in [0.4, 0.5) is 0 Å². The summed E-state index contributed by atoms with van der Waals surface area (Å²) in [5, 5.41) is 10.5.